The van der Waals surface area contributed by atoms with Gasteiger partial charge in [-0.2, -0.15) is 13.2 Å². The minimum absolute atomic E-state index is 0.139. The molecule has 150 valence electrons. The van der Waals surface area contributed by atoms with Crippen molar-refractivity contribution < 1.29 is 18.0 Å². The smallest absolute Gasteiger partial charge is 0.341 e. The van der Waals surface area contributed by atoms with E-state index in [9.17, 15) is 18.0 Å². The highest BCUT2D eigenvalue weighted by Gasteiger charge is 2.33. The van der Waals surface area contributed by atoms with Gasteiger partial charge in [0.1, 0.15) is 5.82 Å². The molecule has 0 saturated carbocycles. The molecule has 5 nitrogen and oxygen atoms in total. The highest BCUT2D eigenvalue weighted by atomic mass is 35.5. The second kappa shape index (κ2) is 8.16. The summed E-state index contributed by atoms with van der Waals surface area (Å²) in [5, 5.41) is 8.17. The van der Waals surface area contributed by atoms with E-state index in [0.717, 1.165) is 17.7 Å². The Morgan fingerprint density at radius 3 is 2.55 bits per heavy atom. The van der Waals surface area contributed by atoms with Gasteiger partial charge in [0, 0.05) is 23.5 Å². The van der Waals surface area contributed by atoms with Gasteiger partial charge >= 0.3 is 6.18 Å². The van der Waals surface area contributed by atoms with Crippen LogP contribution in [0.15, 0.2) is 48.9 Å². The van der Waals surface area contributed by atoms with E-state index in [1.807, 2.05) is 0 Å². The van der Waals surface area contributed by atoms with Gasteiger partial charge in [0.2, 0.25) is 5.78 Å². The van der Waals surface area contributed by atoms with Crippen molar-refractivity contribution in [2.75, 3.05) is 0 Å². The van der Waals surface area contributed by atoms with E-state index in [0.29, 0.717) is 24.0 Å². The SMILES string of the molecule is CCC(C(=N)C(=O)c1cc(C(F)(F)F)ccc1Cl)c1ncc(-c2ccncc2)[nH]1. The van der Waals surface area contributed by atoms with Crippen molar-refractivity contribution in [2.24, 2.45) is 0 Å². The fraction of sp³-hybridized carbons (Fsp3) is 0.200. The standard InChI is InChI=1S/C20H16ClF3N4O/c1-2-13(19-27-10-16(28-19)11-5-7-26-8-6-11)17(25)18(29)14-9-12(20(22,23)24)3-4-15(14)21/h3-10,13,25H,2H2,1H3,(H,27,28). The lowest BCUT2D eigenvalue weighted by Crippen LogP contribution is -2.23. The summed E-state index contributed by atoms with van der Waals surface area (Å²) in [5.74, 6) is -1.21. The van der Waals surface area contributed by atoms with Crippen LogP contribution < -0.4 is 0 Å². The number of benzene rings is 1. The van der Waals surface area contributed by atoms with E-state index >= 15 is 0 Å². The fourth-order valence-electron chi connectivity index (χ4n) is 2.91. The zero-order chi connectivity index (χ0) is 21.2. The molecule has 2 aromatic heterocycles. The molecular weight excluding hydrogens is 405 g/mol. The number of carbonyl (C=O) groups is 1. The van der Waals surface area contributed by atoms with Gasteiger partial charge in [-0.1, -0.05) is 18.5 Å². The summed E-state index contributed by atoms with van der Waals surface area (Å²) >= 11 is 5.95. The Hall–Kier alpha value is -3.00. The van der Waals surface area contributed by atoms with Gasteiger partial charge in [-0.3, -0.25) is 9.78 Å². The number of hydrogen-bond acceptors (Lipinski definition) is 4. The number of halogens is 4. The first-order valence-corrected chi connectivity index (χ1v) is 9.05. The Kier molecular flexibility index (Phi) is 5.83. The summed E-state index contributed by atoms with van der Waals surface area (Å²) in [6.45, 7) is 1.76. The lowest BCUT2D eigenvalue weighted by Gasteiger charge is -2.15. The van der Waals surface area contributed by atoms with Crippen LogP contribution in [0.5, 0.6) is 0 Å². The van der Waals surface area contributed by atoms with Crippen LogP contribution in [0.1, 0.15) is 41.0 Å². The van der Waals surface area contributed by atoms with Crippen molar-refractivity contribution in [1.29, 1.82) is 5.41 Å². The van der Waals surface area contributed by atoms with Gasteiger partial charge in [-0.25, -0.2) is 4.98 Å². The number of nitrogens with one attached hydrogen (secondary N) is 2. The highest BCUT2D eigenvalue weighted by molar-refractivity contribution is 6.49. The Bertz CT molecular complexity index is 1050. The maximum absolute atomic E-state index is 13.0. The van der Waals surface area contributed by atoms with E-state index in [2.05, 4.69) is 15.0 Å². The number of Topliss-reactive ketones (excluding diaryl/α,β-unsaturated/α-hetero) is 1. The third-order valence-corrected chi connectivity index (χ3v) is 4.79. The lowest BCUT2D eigenvalue weighted by molar-refractivity contribution is -0.137. The van der Waals surface area contributed by atoms with Crippen LogP contribution in [0.25, 0.3) is 11.3 Å². The number of hydrogen-bond donors (Lipinski definition) is 2. The van der Waals surface area contributed by atoms with Crippen molar-refractivity contribution in [2.45, 2.75) is 25.4 Å². The van der Waals surface area contributed by atoms with Crippen LogP contribution in [-0.4, -0.2) is 26.4 Å². The maximum atomic E-state index is 13.0. The molecule has 0 saturated heterocycles. The van der Waals surface area contributed by atoms with Crippen LogP contribution in [0.3, 0.4) is 0 Å². The summed E-state index contributed by atoms with van der Waals surface area (Å²) in [4.78, 5) is 24.0. The van der Waals surface area contributed by atoms with Gasteiger partial charge in [0.05, 0.1) is 34.1 Å². The molecule has 9 heteroatoms. The molecule has 0 aliphatic heterocycles. The molecule has 0 spiro atoms. The van der Waals surface area contributed by atoms with Crippen molar-refractivity contribution >= 4 is 23.1 Å². The van der Waals surface area contributed by atoms with E-state index in [4.69, 9.17) is 17.0 Å². The van der Waals surface area contributed by atoms with Crippen LogP contribution in [0.4, 0.5) is 13.2 Å². The van der Waals surface area contributed by atoms with Crippen molar-refractivity contribution in [1.82, 2.24) is 15.0 Å². The highest BCUT2D eigenvalue weighted by Crippen LogP contribution is 2.33. The van der Waals surface area contributed by atoms with Gasteiger partial charge in [-0.05, 0) is 36.8 Å². The molecule has 0 fully saturated rings. The first kappa shape index (κ1) is 20.7. The number of H-pyrrole nitrogens is 1. The van der Waals surface area contributed by atoms with Crippen LogP contribution >= 0.6 is 11.6 Å². The summed E-state index contributed by atoms with van der Waals surface area (Å²) in [5.41, 5.74) is -0.232. The van der Waals surface area contributed by atoms with Crippen molar-refractivity contribution in [3.8, 4) is 11.3 Å². The molecule has 0 aliphatic rings. The largest absolute Gasteiger partial charge is 0.416 e. The quantitative estimate of drug-likeness (QED) is 0.405. The molecule has 2 N–H and O–H groups in total. The molecule has 0 radical (unpaired) electrons. The zero-order valence-corrected chi connectivity index (χ0v) is 16.0. The van der Waals surface area contributed by atoms with Crippen LogP contribution in [0, 0.1) is 5.41 Å². The maximum Gasteiger partial charge on any atom is 0.416 e. The monoisotopic (exact) mass is 420 g/mol. The second-order valence-corrected chi connectivity index (χ2v) is 6.72. The Balaban J connectivity index is 1.91. The van der Waals surface area contributed by atoms with Crippen molar-refractivity contribution in [3.63, 3.8) is 0 Å². The molecular formula is C20H16ClF3N4O. The molecule has 1 unspecified atom stereocenters. The Labute approximate surface area is 169 Å². The minimum atomic E-state index is -4.62. The number of aromatic nitrogens is 3. The number of nitrogens with zero attached hydrogens (tertiary/aromatic N) is 2. The Morgan fingerprint density at radius 1 is 1.24 bits per heavy atom. The zero-order valence-electron chi connectivity index (χ0n) is 15.2. The summed E-state index contributed by atoms with van der Waals surface area (Å²) < 4.78 is 39.0. The van der Waals surface area contributed by atoms with Crippen molar-refractivity contribution in [3.05, 3.63) is 70.9 Å². The number of imidazole rings is 1. The van der Waals surface area contributed by atoms with Gasteiger partial charge in [0.15, 0.2) is 0 Å². The first-order chi connectivity index (χ1) is 13.7. The predicted octanol–water partition coefficient (Wildman–Crippen LogP) is 5.54. The molecule has 29 heavy (non-hydrogen) atoms. The lowest BCUT2D eigenvalue weighted by atomic mass is 9.92. The number of pyridine rings is 1. The number of ketones is 1. The molecule has 1 atom stereocenters. The van der Waals surface area contributed by atoms with E-state index in [1.54, 1.807) is 37.6 Å². The molecule has 1 aromatic carbocycles. The average molecular weight is 421 g/mol. The third kappa shape index (κ3) is 4.37. The van der Waals surface area contributed by atoms with E-state index in [1.165, 1.54) is 0 Å². The molecule has 0 aliphatic carbocycles. The Morgan fingerprint density at radius 2 is 1.93 bits per heavy atom. The van der Waals surface area contributed by atoms with Crippen LogP contribution in [0.2, 0.25) is 5.02 Å². The molecule has 2 heterocycles. The number of alkyl halides is 3. The van der Waals surface area contributed by atoms with Gasteiger partial charge in [-0.15, -0.1) is 0 Å². The number of carbonyl (C=O) groups excluding carboxylic acids is 1. The summed E-state index contributed by atoms with van der Waals surface area (Å²) in [6.07, 6.45) is 0.544. The summed E-state index contributed by atoms with van der Waals surface area (Å²) in [7, 11) is 0. The normalized spacial score (nSPS) is 12.6. The van der Waals surface area contributed by atoms with Gasteiger partial charge in [0.25, 0.3) is 0 Å². The average Bonchev–Trinajstić information content (AvgIpc) is 3.18. The minimum Gasteiger partial charge on any atom is -0.341 e. The van der Waals surface area contributed by atoms with E-state index < -0.39 is 23.4 Å². The topological polar surface area (TPSA) is 82.5 Å². The first-order valence-electron chi connectivity index (χ1n) is 8.67. The second-order valence-electron chi connectivity index (χ2n) is 6.31. The van der Waals surface area contributed by atoms with Crippen LogP contribution in [-0.2, 0) is 6.18 Å². The number of aromatic amines is 1. The van der Waals surface area contributed by atoms with Gasteiger partial charge < -0.3 is 10.4 Å². The molecule has 3 rings (SSSR count). The predicted molar refractivity (Wildman–Crippen MR) is 103 cm³/mol. The fourth-order valence-corrected chi connectivity index (χ4v) is 3.11. The third-order valence-electron chi connectivity index (χ3n) is 4.46. The molecule has 3 aromatic rings. The van der Waals surface area contributed by atoms with E-state index in [-0.39, 0.29) is 16.3 Å². The number of rotatable bonds is 6. The molecule has 0 amide bonds. The summed E-state index contributed by atoms with van der Waals surface area (Å²) in [6, 6.07) is 6.04. The molecule has 0 bridgehead atoms.